The molecule has 1 aliphatic heterocycles. The van der Waals surface area contributed by atoms with Crippen LogP contribution in [0.25, 0.3) is 0 Å². The summed E-state index contributed by atoms with van der Waals surface area (Å²) in [6, 6.07) is 8.29. The van der Waals surface area contributed by atoms with Crippen molar-refractivity contribution in [1.29, 1.82) is 0 Å². The minimum absolute atomic E-state index is 0.116. The van der Waals surface area contributed by atoms with Crippen molar-refractivity contribution in [3.8, 4) is 5.75 Å². The molecule has 0 saturated heterocycles. The highest BCUT2D eigenvalue weighted by molar-refractivity contribution is 5.34. The molecule has 0 aromatic heterocycles. The van der Waals surface area contributed by atoms with E-state index in [1.54, 1.807) is 0 Å². The zero-order valence-electron chi connectivity index (χ0n) is 11.1. The van der Waals surface area contributed by atoms with Crippen LogP contribution in [0, 0.1) is 0 Å². The highest BCUT2D eigenvalue weighted by Gasteiger charge is 2.18. The van der Waals surface area contributed by atoms with Crippen LogP contribution in [0.15, 0.2) is 36.1 Å². The highest BCUT2D eigenvalue weighted by Crippen LogP contribution is 2.27. The third kappa shape index (κ3) is 3.05. The molecule has 18 heavy (non-hydrogen) atoms. The molecule has 1 atom stereocenters. The third-order valence-electron chi connectivity index (χ3n) is 3.04. The normalized spacial score (nSPS) is 16.7. The Morgan fingerprint density at radius 2 is 2.33 bits per heavy atom. The lowest BCUT2D eigenvalue weighted by Crippen LogP contribution is -2.22. The number of allylic oxidation sites excluding steroid dienone is 1. The van der Waals surface area contributed by atoms with Crippen molar-refractivity contribution in [2.45, 2.75) is 25.8 Å². The number of benzene rings is 1. The van der Waals surface area contributed by atoms with E-state index >= 15 is 0 Å². The molecule has 3 heteroatoms. The summed E-state index contributed by atoms with van der Waals surface area (Å²) in [5.41, 5.74) is 1.18. The first kappa shape index (κ1) is 13.0. The van der Waals surface area contributed by atoms with Crippen LogP contribution in [0.3, 0.4) is 0 Å². The Bertz CT molecular complexity index is 415. The van der Waals surface area contributed by atoms with E-state index in [9.17, 15) is 0 Å². The molecule has 1 aromatic carbocycles. The summed E-state index contributed by atoms with van der Waals surface area (Å²) in [4.78, 5) is 0. The van der Waals surface area contributed by atoms with Gasteiger partial charge in [0.05, 0.1) is 19.3 Å². The monoisotopic (exact) mass is 247 g/mol. The zero-order valence-corrected chi connectivity index (χ0v) is 11.1. The Morgan fingerprint density at radius 1 is 1.44 bits per heavy atom. The van der Waals surface area contributed by atoms with E-state index in [-0.39, 0.29) is 6.04 Å². The van der Waals surface area contributed by atoms with Crippen molar-refractivity contribution in [3.63, 3.8) is 0 Å². The molecule has 0 radical (unpaired) electrons. The van der Waals surface area contributed by atoms with Crippen molar-refractivity contribution < 1.29 is 9.47 Å². The van der Waals surface area contributed by atoms with Crippen molar-refractivity contribution in [2.24, 2.45) is 0 Å². The van der Waals surface area contributed by atoms with Gasteiger partial charge in [0.15, 0.2) is 0 Å². The Kier molecular flexibility index (Phi) is 4.65. The summed E-state index contributed by atoms with van der Waals surface area (Å²) in [6.45, 7) is 3.50. The Hall–Kier alpha value is -1.48. The molecule has 0 aliphatic carbocycles. The van der Waals surface area contributed by atoms with Gasteiger partial charge < -0.3 is 14.8 Å². The average molecular weight is 247 g/mol. The minimum Gasteiger partial charge on any atom is -0.496 e. The van der Waals surface area contributed by atoms with Crippen LogP contribution in [0.4, 0.5) is 0 Å². The summed E-state index contributed by atoms with van der Waals surface area (Å²) in [7, 11) is 1.96. The molecule has 0 bridgehead atoms. The molecule has 1 aliphatic rings. The molecule has 98 valence electrons. The van der Waals surface area contributed by atoms with Crippen LogP contribution in [-0.4, -0.2) is 20.3 Å². The molecule has 1 heterocycles. The molecule has 0 spiro atoms. The van der Waals surface area contributed by atoms with Crippen molar-refractivity contribution in [1.82, 2.24) is 5.32 Å². The molecule has 0 fully saturated rings. The van der Waals surface area contributed by atoms with Gasteiger partial charge >= 0.3 is 0 Å². The van der Waals surface area contributed by atoms with E-state index in [1.807, 2.05) is 26.1 Å². The van der Waals surface area contributed by atoms with Crippen LogP contribution >= 0.6 is 0 Å². The second kappa shape index (κ2) is 6.45. The molecule has 1 unspecified atom stereocenters. The SMILES string of the molecule is CCOc1cccc(C(NC)C2=CCCCO2)c1. The molecule has 0 amide bonds. The minimum atomic E-state index is 0.116. The second-order valence-corrected chi connectivity index (χ2v) is 4.32. The largest absolute Gasteiger partial charge is 0.496 e. The summed E-state index contributed by atoms with van der Waals surface area (Å²) < 4.78 is 11.3. The molecule has 1 N–H and O–H groups in total. The molecular weight excluding hydrogens is 226 g/mol. The van der Waals surface area contributed by atoms with E-state index < -0.39 is 0 Å². The first-order valence-corrected chi connectivity index (χ1v) is 6.58. The van der Waals surface area contributed by atoms with Crippen molar-refractivity contribution >= 4 is 0 Å². The van der Waals surface area contributed by atoms with Gasteiger partial charge in [0.25, 0.3) is 0 Å². The van der Waals surface area contributed by atoms with Gasteiger partial charge in [-0.05, 0) is 50.6 Å². The van der Waals surface area contributed by atoms with Gasteiger partial charge in [0.2, 0.25) is 0 Å². The number of ether oxygens (including phenoxy) is 2. The number of rotatable bonds is 5. The van der Waals surface area contributed by atoms with E-state index in [4.69, 9.17) is 9.47 Å². The van der Waals surface area contributed by atoms with Crippen LogP contribution in [0.2, 0.25) is 0 Å². The maximum absolute atomic E-state index is 5.74. The lowest BCUT2D eigenvalue weighted by Gasteiger charge is -2.24. The Balaban J connectivity index is 2.21. The van der Waals surface area contributed by atoms with Gasteiger partial charge in [-0.2, -0.15) is 0 Å². The summed E-state index contributed by atoms with van der Waals surface area (Å²) >= 11 is 0. The van der Waals surface area contributed by atoms with E-state index in [0.717, 1.165) is 31.0 Å². The standard InChI is InChI=1S/C15H21NO2/c1-3-17-13-8-6-7-12(11-13)15(16-2)14-9-4-5-10-18-14/h6-9,11,15-16H,3-5,10H2,1-2H3. The topological polar surface area (TPSA) is 30.5 Å². The van der Waals surface area contributed by atoms with Gasteiger partial charge in [0, 0.05) is 0 Å². The quantitative estimate of drug-likeness (QED) is 0.867. The maximum atomic E-state index is 5.74. The first-order valence-electron chi connectivity index (χ1n) is 6.58. The van der Waals surface area contributed by atoms with Crippen molar-refractivity contribution in [3.05, 3.63) is 41.7 Å². The first-order chi connectivity index (χ1) is 8.85. The fourth-order valence-corrected chi connectivity index (χ4v) is 2.20. The molecular formula is C15H21NO2. The van der Waals surface area contributed by atoms with Crippen LogP contribution in [0.1, 0.15) is 31.4 Å². The van der Waals surface area contributed by atoms with E-state index in [1.165, 1.54) is 5.56 Å². The second-order valence-electron chi connectivity index (χ2n) is 4.32. The zero-order chi connectivity index (χ0) is 12.8. The number of hydrogen-bond donors (Lipinski definition) is 1. The molecule has 1 aromatic rings. The van der Waals surface area contributed by atoms with Crippen LogP contribution in [0.5, 0.6) is 5.75 Å². The van der Waals surface area contributed by atoms with Crippen LogP contribution < -0.4 is 10.1 Å². The average Bonchev–Trinajstić information content (AvgIpc) is 2.42. The number of likely N-dealkylation sites (N-methyl/N-ethyl adjacent to an activating group) is 1. The maximum Gasteiger partial charge on any atom is 0.119 e. The Labute approximate surface area is 109 Å². The van der Waals surface area contributed by atoms with Gasteiger partial charge in [-0.15, -0.1) is 0 Å². The van der Waals surface area contributed by atoms with Gasteiger partial charge in [0.1, 0.15) is 11.5 Å². The summed E-state index contributed by atoms with van der Waals surface area (Å²) in [5, 5.41) is 3.31. The van der Waals surface area contributed by atoms with E-state index in [2.05, 4.69) is 23.5 Å². The smallest absolute Gasteiger partial charge is 0.119 e. The Morgan fingerprint density at radius 3 is 3.00 bits per heavy atom. The fraction of sp³-hybridized carbons (Fsp3) is 0.467. The van der Waals surface area contributed by atoms with Gasteiger partial charge in [-0.1, -0.05) is 12.1 Å². The third-order valence-corrected chi connectivity index (χ3v) is 3.04. The molecule has 2 rings (SSSR count). The lowest BCUT2D eigenvalue weighted by molar-refractivity contribution is 0.169. The van der Waals surface area contributed by atoms with Gasteiger partial charge in [-0.25, -0.2) is 0 Å². The molecule has 0 saturated carbocycles. The fourth-order valence-electron chi connectivity index (χ4n) is 2.20. The van der Waals surface area contributed by atoms with Crippen molar-refractivity contribution in [2.75, 3.05) is 20.3 Å². The summed E-state index contributed by atoms with van der Waals surface area (Å²) in [6.07, 6.45) is 4.38. The lowest BCUT2D eigenvalue weighted by atomic mass is 10.0. The van der Waals surface area contributed by atoms with E-state index in [0.29, 0.717) is 6.61 Å². The highest BCUT2D eigenvalue weighted by atomic mass is 16.5. The number of hydrogen-bond acceptors (Lipinski definition) is 3. The number of nitrogens with one attached hydrogen (secondary N) is 1. The predicted octanol–water partition coefficient (Wildman–Crippen LogP) is 3.04. The van der Waals surface area contributed by atoms with Crippen LogP contribution in [-0.2, 0) is 4.74 Å². The molecule has 3 nitrogen and oxygen atoms in total. The summed E-state index contributed by atoms with van der Waals surface area (Å²) in [5.74, 6) is 1.93. The predicted molar refractivity (Wildman–Crippen MR) is 72.7 cm³/mol. The van der Waals surface area contributed by atoms with Gasteiger partial charge in [-0.3, -0.25) is 0 Å².